The van der Waals surface area contributed by atoms with Crippen LogP contribution in [0.3, 0.4) is 0 Å². The molecule has 0 radical (unpaired) electrons. The number of hydrogen-bond donors (Lipinski definition) is 3. The first-order valence-corrected chi connectivity index (χ1v) is 6.07. The number of nitrogens with zero attached hydrogens (tertiary/aromatic N) is 1. The number of carbonyl (C=O) groups is 1. The summed E-state index contributed by atoms with van der Waals surface area (Å²) in [7, 11) is 0. The minimum atomic E-state index is -4.41. The smallest absolute Gasteiger partial charge is 0.342 e. The van der Waals surface area contributed by atoms with Gasteiger partial charge in [-0.1, -0.05) is 0 Å². The average Bonchev–Trinajstić information content (AvgIpc) is 2.86. The number of aromatic nitrogens is 2. The highest BCUT2D eigenvalue weighted by Gasteiger charge is 2.28. The van der Waals surface area contributed by atoms with E-state index in [1.54, 1.807) is 5.32 Å². The Kier molecular flexibility index (Phi) is 4.08. The number of rotatable bonds is 3. The van der Waals surface area contributed by atoms with Crippen LogP contribution < -0.4 is 10.6 Å². The molecule has 1 aromatic heterocycles. The molecule has 106 valence electrons. The molecule has 0 bridgehead atoms. The van der Waals surface area contributed by atoms with Gasteiger partial charge in [-0.2, -0.15) is 18.3 Å². The first-order valence-electron chi connectivity index (χ1n) is 6.07. The van der Waals surface area contributed by atoms with Gasteiger partial charge in [0.1, 0.15) is 12.2 Å². The quantitative estimate of drug-likeness (QED) is 0.776. The summed E-state index contributed by atoms with van der Waals surface area (Å²) in [6, 6.07) is 1.53. The molecule has 0 saturated carbocycles. The molecule has 0 spiro atoms. The minimum Gasteiger partial charge on any atom is -0.342 e. The Morgan fingerprint density at radius 3 is 2.74 bits per heavy atom. The van der Waals surface area contributed by atoms with Crippen LogP contribution >= 0.6 is 0 Å². The summed E-state index contributed by atoms with van der Waals surface area (Å²) >= 11 is 0. The topological polar surface area (TPSA) is 69.8 Å². The second kappa shape index (κ2) is 5.60. The summed E-state index contributed by atoms with van der Waals surface area (Å²) in [6.07, 6.45) is -2.57. The van der Waals surface area contributed by atoms with Crippen LogP contribution in [-0.2, 0) is 0 Å². The molecule has 0 atom stereocenters. The maximum Gasteiger partial charge on any atom is 0.405 e. The number of aromatic amines is 1. The monoisotopic (exact) mass is 276 g/mol. The van der Waals surface area contributed by atoms with Crippen molar-refractivity contribution in [1.82, 2.24) is 20.8 Å². The Labute approximate surface area is 108 Å². The molecule has 1 saturated heterocycles. The third-order valence-corrected chi connectivity index (χ3v) is 3.06. The van der Waals surface area contributed by atoms with Gasteiger partial charge in [-0.25, -0.2) is 0 Å². The first-order chi connectivity index (χ1) is 8.96. The fourth-order valence-electron chi connectivity index (χ4n) is 2.07. The van der Waals surface area contributed by atoms with Gasteiger partial charge >= 0.3 is 6.18 Å². The Balaban J connectivity index is 1.94. The van der Waals surface area contributed by atoms with Crippen molar-refractivity contribution in [2.75, 3.05) is 19.6 Å². The molecule has 1 aliphatic rings. The lowest BCUT2D eigenvalue weighted by atomic mass is 9.94. The molecule has 0 aromatic carbocycles. The predicted octanol–water partition coefficient (Wildman–Crippen LogP) is 1.17. The molecule has 8 heteroatoms. The lowest BCUT2D eigenvalue weighted by Crippen LogP contribution is -2.33. The van der Waals surface area contributed by atoms with Crippen LogP contribution in [0, 0.1) is 0 Å². The Hall–Kier alpha value is -1.57. The summed E-state index contributed by atoms with van der Waals surface area (Å²) in [5.41, 5.74) is 0.802. The highest BCUT2D eigenvalue weighted by molar-refractivity contribution is 5.92. The lowest BCUT2D eigenvalue weighted by Gasteiger charge is -2.20. The first kappa shape index (κ1) is 13.9. The molecule has 5 nitrogen and oxygen atoms in total. The van der Waals surface area contributed by atoms with Crippen LogP contribution in [0.4, 0.5) is 13.2 Å². The third-order valence-electron chi connectivity index (χ3n) is 3.06. The van der Waals surface area contributed by atoms with Crippen LogP contribution in [0.2, 0.25) is 0 Å². The van der Waals surface area contributed by atoms with Crippen LogP contribution in [0.1, 0.15) is 34.9 Å². The van der Waals surface area contributed by atoms with Crippen molar-refractivity contribution >= 4 is 5.91 Å². The summed E-state index contributed by atoms with van der Waals surface area (Å²) in [4.78, 5) is 11.5. The van der Waals surface area contributed by atoms with Crippen LogP contribution in [0.25, 0.3) is 0 Å². The average molecular weight is 276 g/mol. The Morgan fingerprint density at radius 2 is 2.11 bits per heavy atom. The van der Waals surface area contributed by atoms with Gasteiger partial charge in [0.25, 0.3) is 5.91 Å². The second-order valence-electron chi connectivity index (χ2n) is 4.53. The molecular weight excluding hydrogens is 261 g/mol. The SMILES string of the molecule is O=C(NCC(F)(F)F)c1cc(C2CCNCC2)[nH]n1. The Morgan fingerprint density at radius 1 is 1.42 bits per heavy atom. The van der Waals surface area contributed by atoms with Crippen molar-refractivity contribution in [2.45, 2.75) is 24.9 Å². The lowest BCUT2D eigenvalue weighted by molar-refractivity contribution is -0.123. The van der Waals surface area contributed by atoms with E-state index in [0.717, 1.165) is 31.6 Å². The molecule has 2 heterocycles. The highest BCUT2D eigenvalue weighted by Crippen LogP contribution is 2.23. The van der Waals surface area contributed by atoms with E-state index < -0.39 is 18.6 Å². The summed E-state index contributed by atoms with van der Waals surface area (Å²) in [5, 5.41) is 11.5. The van der Waals surface area contributed by atoms with Gasteiger partial charge in [-0.3, -0.25) is 9.89 Å². The standard InChI is InChI=1S/C11H15F3N4O/c12-11(13,14)6-16-10(19)9-5-8(17-18-9)7-1-3-15-4-2-7/h5,7,15H,1-4,6H2,(H,16,19)(H,17,18). The maximum absolute atomic E-state index is 12.0. The van der Waals surface area contributed by atoms with Crippen molar-refractivity contribution < 1.29 is 18.0 Å². The zero-order valence-corrected chi connectivity index (χ0v) is 10.2. The number of amides is 1. The largest absolute Gasteiger partial charge is 0.405 e. The number of nitrogens with one attached hydrogen (secondary N) is 3. The third kappa shape index (κ3) is 3.95. The van der Waals surface area contributed by atoms with Crippen molar-refractivity contribution in [3.05, 3.63) is 17.5 Å². The number of carbonyl (C=O) groups excluding carboxylic acids is 1. The van der Waals surface area contributed by atoms with Crippen molar-refractivity contribution in [1.29, 1.82) is 0 Å². The number of alkyl halides is 3. The van der Waals surface area contributed by atoms with Crippen LogP contribution in [0.5, 0.6) is 0 Å². The predicted molar refractivity (Wildman–Crippen MR) is 61.8 cm³/mol. The van der Waals surface area contributed by atoms with Crippen molar-refractivity contribution in [3.8, 4) is 0 Å². The zero-order valence-electron chi connectivity index (χ0n) is 10.2. The van der Waals surface area contributed by atoms with Crippen molar-refractivity contribution in [3.63, 3.8) is 0 Å². The summed E-state index contributed by atoms with van der Waals surface area (Å²) < 4.78 is 35.9. The molecule has 1 aliphatic heterocycles. The Bertz CT molecular complexity index is 437. The molecule has 0 unspecified atom stereocenters. The molecule has 3 N–H and O–H groups in total. The van der Waals surface area contributed by atoms with E-state index in [4.69, 9.17) is 0 Å². The summed E-state index contributed by atoms with van der Waals surface area (Å²) in [5.74, 6) is -0.535. The molecule has 1 fully saturated rings. The van der Waals surface area contributed by atoms with Gasteiger partial charge in [0.05, 0.1) is 0 Å². The molecule has 1 aromatic rings. The van der Waals surface area contributed by atoms with E-state index in [2.05, 4.69) is 15.5 Å². The van der Waals surface area contributed by atoms with E-state index >= 15 is 0 Å². The number of halogens is 3. The van der Waals surface area contributed by atoms with Gasteiger partial charge in [0.2, 0.25) is 0 Å². The number of H-pyrrole nitrogens is 1. The van der Waals surface area contributed by atoms with E-state index in [1.165, 1.54) is 6.07 Å². The van der Waals surface area contributed by atoms with Gasteiger partial charge in [-0.05, 0) is 32.0 Å². The van der Waals surface area contributed by atoms with Crippen LogP contribution in [0.15, 0.2) is 6.07 Å². The van der Waals surface area contributed by atoms with Gasteiger partial charge < -0.3 is 10.6 Å². The molecule has 2 rings (SSSR count). The van der Waals surface area contributed by atoms with Crippen LogP contribution in [-0.4, -0.2) is 41.9 Å². The van der Waals surface area contributed by atoms with Gasteiger partial charge in [0.15, 0.2) is 0 Å². The maximum atomic E-state index is 12.0. The molecule has 1 amide bonds. The normalized spacial score (nSPS) is 17.4. The minimum absolute atomic E-state index is 0.00205. The second-order valence-corrected chi connectivity index (χ2v) is 4.53. The summed E-state index contributed by atoms with van der Waals surface area (Å²) in [6.45, 7) is 0.431. The van der Waals surface area contributed by atoms with Gasteiger partial charge in [0, 0.05) is 11.6 Å². The van der Waals surface area contributed by atoms with Gasteiger partial charge in [-0.15, -0.1) is 0 Å². The fraction of sp³-hybridized carbons (Fsp3) is 0.636. The molecule has 19 heavy (non-hydrogen) atoms. The zero-order chi connectivity index (χ0) is 13.9. The van der Waals surface area contributed by atoms with E-state index in [0.29, 0.717) is 0 Å². The van der Waals surface area contributed by atoms with E-state index in [1.807, 2.05) is 0 Å². The van der Waals surface area contributed by atoms with Crippen molar-refractivity contribution in [2.24, 2.45) is 0 Å². The molecule has 0 aliphatic carbocycles. The highest BCUT2D eigenvalue weighted by atomic mass is 19.4. The van der Waals surface area contributed by atoms with E-state index in [9.17, 15) is 18.0 Å². The number of hydrogen-bond acceptors (Lipinski definition) is 3. The van der Waals surface area contributed by atoms with E-state index in [-0.39, 0.29) is 11.6 Å². The molecular formula is C11H15F3N4O. The fourth-order valence-corrected chi connectivity index (χ4v) is 2.07. The number of piperidine rings is 1.